The van der Waals surface area contributed by atoms with Gasteiger partial charge >= 0.3 is 5.97 Å². The lowest BCUT2D eigenvalue weighted by Gasteiger charge is -2.46. The highest BCUT2D eigenvalue weighted by molar-refractivity contribution is 5.85. The summed E-state index contributed by atoms with van der Waals surface area (Å²) in [5.41, 5.74) is -1.75. The quantitative estimate of drug-likeness (QED) is 0.617. The molecule has 2 aromatic carbocycles. The summed E-state index contributed by atoms with van der Waals surface area (Å²) in [5.74, 6) is -0.331. The van der Waals surface area contributed by atoms with E-state index in [-0.39, 0.29) is 17.2 Å². The molecule has 1 N–H and O–H groups in total. The summed E-state index contributed by atoms with van der Waals surface area (Å²) in [7, 11) is 4.51. The van der Waals surface area contributed by atoms with Crippen LogP contribution in [0.2, 0.25) is 0 Å². The van der Waals surface area contributed by atoms with Crippen LogP contribution in [0.1, 0.15) is 30.4 Å². The summed E-state index contributed by atoms with van der Waals surface area (Å²) in [5, 5.41) is 11.5. The van der Waals surface area contributed by atoms with E-state index in [2.05, 4.69) is 14.1 Å². The molecular weight excluding hydrogens is 388 g/mol. The zero-order chi connectivity index (χ0) is 21.3. The van der Waals surface area contributed by atoms with Gasteiger partial charge in [-0.15, -0.1) is 0 Å². The zero-order valence-corrected chi connectivity index (χ0v) is 17.1. The molecule has 0 radical (unpaired) electrons. The minimum absolute atomic E-state index is 0.193. The van der Waals surface area contributed by atoms with Crippen molar-refractivity contribution < 1.29 is 27.9 Å². The van der Waals surface area contributed by atoms with Crippen molar-refractivity contribution in [3.05, 3.63) is 71.3 Å². The van der Waals surface area contributed by atoms with Crippen LogP contribution in [-0.2, 0) is 15.1 Å². The van der Waals surface area contributed by atoms with Crippen molar-refractivity contribution in [1.29, 1.82) is 0 Å². The van der Waals surface area contributed by atoms with E-state index >= 15 is 0 Å². The molecule has 1 aliphatic carbocycles. The second-order valence-corrected chi connectivity index (χ2v) is 9.55. The van der Waals surface area contributed by atoms with E-state index in [0.717, 1.165) is 17.3 Å². The Morgan fingerprint density at radius 2 is 1.33 bits per heavy atom. The Morgan fingerprint density at radius 1 is 0.900 bits per heavy atom. The number of quaternary nitrogens is 1. The van der Waals surface area contributed by atoms with Crippen molar-refractivity contribution in [2.45, 2.75) is 43.1 Å². The number of halogens is 2. The number of rotatable bonds is 4. The number of carbonyl (C=O) groups excluding carboxylic acids is 1. The second-order valence-electron chi connectivity index (χ2n) is 9.55. The molecule has 4 nitrogen and oxygen atoms in total. The predicted octanol–water partition coefficient (Wildman–Crippen LogP) is 3.37. The van der Waals surface area contributed by atoms with Crippen molar-refractivity contribution in [3.63, 3.8) is 0 Å². The molecule has 30 heavy (non-hydrogen) atoms. The Morgan fingerprint density at radius 3 is 1.77 bits per heavy atom. The maximum Gasteiger partial charge on any atom is 0.347 e. The first-order valence-electron chi connectivity index (χ1n) is 10.5. The maximum absolute atomic E-state index is 13.5. The fourth-order valence-corrected chi connectivity index (χ4v) is 6.00. The molecule has 2 aliphatic heterocycles. The van der Waals surface area contributed by atoms with Crippen LogP contribution in [-0.4, -0.2) is 47.8 Å². The molecule has 158 valence electrons. The first kappa shape index (κ1) is 19.6. The van der Waals surface area contributed by atoms with E-state index in [9.17, 15) is 18.7 Å². The van der Waals surface area contributed by atoms with Gasteiger partial charge in [-0.25, -0.2) is 13.6 Å². The van der Waals surface area contributed by atoms with E-state index in [1.165, 1.54) is 55.0 Å². The van der Waals surface area contributed by atoms with Gasteiger partial charge in [-0.3, -0.25) is 0 Å². The molecule has 0 aromatic heterocycles. The van der Waals surface area contributed by atoms with Gasteiger partial charge in [0.25, 0.3) is 0 Å². The van der Waals surface area contributed by atoms with Crippen molar-refractivity contribution in [2.24, 2.45) is 11.8 Å². The van der Waals surface area contributed by atoms with Gasteiger partial charge < -0.3 is 14.3 Å². The number of fused-ring (bicyclic) bond motifs is 5. The topological polar surface area (TPSA) is 46.5 Å². The van der Waals surface area contributed by atoms with Crippen molar-refractivity contribution in [2.75, 3.05) is 14.1 Å². The lowest BCUT2D eigenvalue weighted by atomic mass is 9.86. The molecule has 2 heterocycles. The number of ether oxygens (including phenoxy) is 1. The first-order valence-corrected chi connectivity index (χ1v) is 10.5. The molecule has 1 saturated carbocycles. The van der Waals surface area contributed by atoms with Crippen molar-refractivity contribution in [1.82, 2.24) is 0 Å². The van der Waals surface area contributed by atoms with Gasteiger partial charge in [0.2, 0.25) is 5.60 Å². The lowest BCUT2D eigenvalue weighted by molar-refractivity contribution is -0.937. The lowest BCUT2D eigenvalue weighted by Crippen LogP contribution is -2.59. The first-order chi connectivity index (χ1) is 14.2. The maximum atomic E-state index is 13.5. The fraction of sp³-hybridized carbons (Fsp3) is 0.458. The Hall–Kier alpha value is -2.31. The Labute approximate surface area is 174 Å². The van der Waals surface area contributed by atoms with Crippen LogP contribution in [0.3, 0.4) is 0 Å². The van der Waals surface area contributed by atoms with Crippen molar-refractivity contribution >= 4 is 5.97 Å². The smallest absolute Gasteiger partial charge is 0.347 e. The van der Waals surface area contributed by atoms with Gasteiger partial charge in [0.05, 0.1) is 26.2 Å². The summed E-state index contributed by atoms with van der Waals surface area (Å²) in [6.45, 7) is 0. The molecule has 6 heteroatoms. The second kappa shape index (κ2) is 6.59. The summed E-state index contributed by atoms with van der Waals surface area (Å²) in [6, 6.07) is 11.1. The largest absolute Gasteiger partial charge is 0.459 e. The third-order valence-corrected chi connectivity index (χ3v) is 7.69. The highest BCUT2D eigenvalue weighted by atomic mass is 19.1. The fourth-order valence-electron chi connectivity index (χ4n) is 6.00. The number of carbonyl (C=O) groups is 1. The number of benzene rings is 2. The molecule has 2 aromatic rings. The summed E-state index contributed by atoms with van der Waals surface area (Å²) in [6.07, 6.45) is 2.56. The van der Waals surface area contributed by atoms with E-state index in [4.69, 9.17) is 4.74 Å². The van der Waals surface area contributed by atoms with E-state index in [1.54, 1.807) is 0 Å². The molecule has 5 rings (SSSR count). The van der Waals surface area contributed by atoms with Crippen LogP contribution in [0, 0.1) is 23.5 Å². The standard InChI is InChI=1S/C24H26F2NO3/c1-27(2)21-11-18(12-22(27)20-13-19(20)21)30-23(28)24(29,14-3-7-16(25)8-4-14)15-5-9-17(26)10-6-15/h3-10,18-22,29H,11-13H2,1-2H3/q+1/t18?,19-,20?,21+,22?/m1/s1. The summed E-state index contributed by atoms with van der Waals surface area (Å²) in [4.78, 5) is 13.3. The molecule has 3 fully saturated rings. The number of hydrogen-bond acceptors (Lipinski definition) is 3. The SMILES string of the molecule is C[N+]1(C)C2CC(OC(=O)C(O)(c3ccc(F)cc3)c3ccc(F)cc3)C[C@H]1[C@@H]1CC21. The van der Waals surface area contributed by atoms with E-state index < -0.39 is 23.2 Å². The minimum Gasteiger partial charge on any atom is -0.459 e. The Balaban J connectivity index is 1.44. The number of esters is 1. The van der Waals surface area contributed by atoms with Crippen LogP contribution >= 0.6 is 0 Å². The summed E-state index contributed by atoms with van der Waals surface area (Å²) < 4.78 is 33.8. The third-order valence-electron chi connectivity index (χ3n) is 7.69. The molecular formula is C24H26F2NO3+. The van der Waals surface area contributed by atoms with Crippen LogP contribution < -0.4 is 0 Å². The van der Waals surface area contributed by atoms with Crippen LogP contribution in [0.25, 0.3) is 0 Å². The van der Waals surface area contributed by atoms with Gasteiger partial charge in [0, 0.05) is 24.7 Å². The normalized spacial score (nSPS) is 31.2. The Bertz CT molecular complexity index is 907. The van der Waals surface area contributed by atoms with Crippen molar-refractivity contribution in [3.8, 4) is 0 Å². The monoisotopic (exact) mass is 414 g/mol. The molecule has 2 bridgehead atoms. The molecule has 3 aliphatic rings. The highest BCUT2D eigenvalue weighted by Crippen LogP contribution is 2.61. The number of piperidine rings is 2. The van der Waals surface area contributed by atoms with Gasteiger partial charge in [0.15, 0.2) is 0 Å². The molecule has 0 spiro atoms. The van der Waals surface area contributed by atoms with Crippen LogP contribution in [0.4, 0.5) is 8.78 Å². The highest BCUT2D eigenvalue weighted by Gasteiger charge is 2.68. The number of aliphatic hydroxyl groups is 1. The molecule has 5 atom stereocenters. The van der Waals surface area contributed by atoms with E-state index in [0.29, 0.717) is 23.9 Å². The number of nitrogens with zero attached hydrogens (tertiary/aromatic N) is 1. The average Bonchev–Trinajstić information content (AvgIpc) is 3.47. The van der Waals surface area contributed by atoms with Gasteiger partial charge in [-0.1, -0.05) is 24.3 Å². The summed E-state index contributed by atoms with van der Waals surface area (Å²) >= 11 is 0. The third kappa shape index (κ3) is 2.88. The average molecular weight is 414 g/mol. The van der Waals surface area contributed by atoms with Gasteiger partial charge in [0.1, 0.15) is 17.7 Å². The molecule has 2 saturated heterocycles. The zero-order valence-electron chi connectivity index (χ0n) is 17.1. The Kier molecular flexibility index (Phi) is 4.32. The van der Waals surface area contributed by atoms with Gasteiger partial charge in [-0.05, 0) is 41.8 Å². The molecule has 3 unspecified atom stereocenters. The minimum atomic E-state index is -2.13. The number of hydrogen-bond donors (Lipinski definition) is 1. The van der Waals surface area contributed by atoms with E-state index in [1.807, 2.05) is 0 Å². The van der Waals surface area contributed by atoms with Gasteiger partial charge in [-0.2, -0.15) is 0 Å². The molecule has 0 amide bonds. The van der Waals surface area contributed by atoms with Crippen LogP contribution in [0.5, 0.6) is 0 Å². The van der Waals surface area contributed by atoms with Crippen LogP contribution in [0.15, 0.2) is 48.5 Å². The predicted molar refractivity (Wildman–Crippen MR) is 106 cm³/mol.